The van der Waals surface area contributed by atoms with Gasteiger partial charge in [0.1, 0.15) is 0 Å². The van der Waals surface area contributed by atoms with Gasteiger partial charge in [0, 0.05) is 28.0 Å². The molecule has 0 amide bonds. The van der Waals surface area contributed by atoms with Gasteiger partial charge >= 0.3 is 0 Å². The zero-order valence-corrected chi connectivity index (χ0v) is 13.3. The number of benzene rings is 1. The first kappa shape index (κ1) is 14.8. The molecule has 0 bridgehead atoms. The fourth-order valence-corrected chi connectivity index (χ4v) is 2.49. The molecule has 0 atom stereocenters. The van der Waals surface area contributed by atoms with Crippen molar-refractivity contribution in [2.75, 3.05) is 5.73 Å². The normalized spacial score (nSPS) is 10.8. The molecule has 4 nitrogen and oxygen atoms in total. The molecule has 0 aliphatic heterocycles. The molecular weight excluding hydrogens is 318 g/mol. The Bertz CT molecular complexity index is 634. The van der Waals surface area contributed by atoms with Gasteiger partial charge in [0.05, 0.1) is 12.1 Å². The molecule has 20 heavy (non-hydrogen) atoms. The lowest BCUT2D eigenvalue weighted by molar-refractivity contribution is 0.0991. The first-order valence-electron chi connectivity index (χ1n) is 6.69. The maximum atomic E-state index is 12.4. The van der Waals surface area contributed by atoms with E-state index in [0.29, 0.717) is 17.7 Å². The Morgan fingerprint density at radius 2 is 2.10 bits per heavy atom. The van der Waals surface area contributed by atoms with Crippen LogP contribution in [0.4, 0.5) is 5.69 Å². The molecule has 2 aromatic rings. The van der Waals surface area contributed by atoms with E-state index >= 15 is 0 Å². The summed E-state index contributed by atoms with van der Waals surface area (Å²) in [6, 6.07) is 7.34. The van der Waals surface area contributed by atoms with E-state index in [1.54, 1.807) is 12.1 Å². The first-order valence-corrected chi connectivity index (χ1v) is 7.48. The van der Waals surface area contributed by atoms with Crippen LogP contribution in [0.1, 0.15) is 35.6 Å². The number of nitrogen functional groups attached to an aromatic ring is 1. The van der Waals surface area contributed by atoms with E-state index in [9.17, 15) is 4.79 Å². The molecule has 5 heteroatoms. The summed E-state index contributed by atoms with van der Waals surface area (Å²) in [5.41, 5.74) is 8.90. The Kier molecular flexibility index (Phi) is 4.60. The highest BCUT2D eigenvalue weighted by Crippen LogP contribution is 2.20. The molecule has 106 valence electrons. The number of rotatable bonds is 5. The average molecular weight is 336 g/mol. The predicted octanol–water partition coefficient (Wildman–Crippen LogP) is 3.24. The zero-order valence-electron chi connectivity index (χ0n) is 11.7. The molecule has 1 heterocycles. The largest absolute Gasteiger partial charge is 0.398 e. The number of aryl methyl sites for hydroxylation is 2. The van der Waals surface area contributed by atoms with Gasteiger partial charge in [-0.2, -0.15) is 5.10 Å². The Balaban J connectivity index is 2.27. The summed E-state index contributed by atoms with van der Waals surface area (Å²) in [4.78, 5) is 12.4. The number of hydrogen-bond donors (Lipinski definition) is 1. The summed E-state index contributed by atoms with van der Waals surface area (Å²) < 4.78 is 2.73. The lowest BCUT2D eigenvalue weighted by atomic mass is 10.0. The fourth-order valence-electron chi connectivity index (χ4n) is 2.13. The van der Waals surface area contributed by atoms with Crippen molar-refractivity contribution in [3.8, 4) is 0 Å². The Morgan fingerprint density at radius 3 is 2.75 bits per heavy atom. The van der Waals surface area contributed by atoms with E-state index in [-0.39, 0.29) is 5.78 Å². The fraction of sp³-hybridized carbons (Fsp3) is 0.333. The van der Waals surface area contributed by atoms with E-state index < -0.39 is 0 Å². The maximum Gasteiger partial charge on any atom is 0.170 e. The molecule has 2 rings (SSSR count). The molecule has 0 spiro atoms. The number of Topliss-reactive ketones (excluding diaryl/α,β-unsaturated/α-hetero) is 1. The molecule has 0 radical (unpaired) electrons. The van der Waals surface area contributed by atoms with Crippen molar-refractivity contribution in [1.29, 1.82) is 0 Å². The molecular formula is C15H18BrN3O. The van der Waals surface area contributed by atoms with Crippen molar-refractivity contribution in [2.45, 2.75) is 33.2 Å². The average Bonchev–Trinajstić information content (AvgIpc) is 2.83. The summed E-state index contributed by atoms with van der Waals surface area (Å²) in [6.07, 6.45) is 1.19. The van der Waals surface area contributed by atoms with E-state index in [0.717, 1.165) is 28.8 Å². The summed E-state index contributed by atoms with van der Waals surface area (Å²) in [5, 5.41) is 4.46. The van der Waals surface area contributed by atoms with Crippen LogP contribution in [0.5, 0.6) is 0 Å². The summed E-state index contributed by atoms with van der Waals surface area (Å²) in [5.74, 6) is 0.0149. The van der Waals surface area contributed by atoms with Gasteiger partial charge in [0.25, 0.3) is 0 Å². The van der Waals surface area contributed by atoms with Crippen molar-refractivity contribution in [3.63, 3.8) is 0 Å². The van der Waals surface area contributed by atoms with Gasteiger partial charge in [-0.05, 0) is 37.6 Å². The van der Waals surface area contributed by atoms with Crippen LogP contribution < -0.4 is 5.73 Å². The van der Waals surface area contributed by atoms with Crippen LogP contribution in [0.2, 0.25) is 0 Å². The number of nitrogens with two attached hydrogens (primary N) is 1. The molecule has 1 aromatic carbocycles. The first-order chi connectivity index (χ1) is 9.55. The third-order valence-electron chi connectivity index (χ3n) is 3.23. The van der Waals surface area contributed by atoms with E-state index in [2.05, 4.69) is 28.0 Å². The van der Waals surface area contributed by atoms with Gasteiger partial charge in [0.2, 0.25) is 0 Å². The number of anilines is 1. The topological polar surface area (TPSA) is 60.9 Å². The van der Waals surface area contributed by atoms with Crippen molar-refractivity contribution in [1.82, 2.24) is 9.78 Å². The minimum atomic E-state index is 0.0149. The zero-order chi connectivity index (χ0) is 14.7. The molecule has 0 fully saturated rings. The Morgan fingerprint density at radius 1 is 1.35 bits per heavy atom. The lowest BCUT2D eigenvalue weighted by Gasteiger charge is -2.07. The van der Waals surface area contributed by atoms with Crippen LogP contribution in [0.25, 0.3) is 0 Å². The quantitative estimate of drug-likeness (QED) is 0.674. The molecule has 2 N–H and O–H groups in total. The van der Waals surface area contributed by atoms with E-state index in [1.165, 1.54) is 0 Å². The molecule has 1 aromatic heterocycles. The number of halogens is 1. The third kappa shape index (κ3) is 3.10. The highest BCUT2D eigenvalue weighted by molar-refractivity contribution is 9.10. The molecule has 0 saturated heterocycles. The van der Waals surface area contributed by atoms with Crippen molar-refractivity contribution in [3.05, 3.63) is 45.7 Å². The van der Waals surface area contributed by atoms with Crippen LogP contribution in [0, 0.1) is 0 Å². The monoisotopic (exact) mass is 335 g/mol. The van der Waals surface area contributed by atoms with Gasteiger partial charge in [-0.3, -0.25) is 9.48 Å². The second-order valence-electron chi connectivity index (χ2n) is 4.63. The van der Waals surface area contributed by atoms with Gasteiger partial charge < -0.3 is 5.73 Å². The third-order valence-corrected chi connectivity index (χ3v) is 3.73. The van der Waals surface area contributed by atoms with Gasteiger partial charge in [-0.1, -0.05) is 22.9 Å². The number of hydrogen-bond acceptors (Lipinski definition) is 3. The minimum absolute atomic E-state index is 0.0149. The number of carbonyl (C=O) groups is 1. The standard InChI is InChI=1S/C15H18BrN3O/c1-3-11-8-12(19(4-2)18-11)9-15(20)13-7-10(16)5-6-14(13)17/h5-8H,3-4,9,17H2,1-2H3. The lowest BCUT2D eigenvalue weighted by Crippen LogP contribution is -2.11. The van der Waals surface area contributed by atoms with Gasteiger partial charge in [0.15, 0.2) is 5.78 Å². The second kappa shape index (κ2) is 6.22. The van der Waals surface area contributed by atoms with Crippen molar-refractivity contribution >= 4 is 27.4 Å². The maximum absolute atomic E-state index is 12.4. The van der Waals surface area contributed by atoms with Crippen LogP contribution in [0.15, 0.2) is 28.7 Å². The van der Waals surface area contributed by atoms with E-state index in [4.69, 9.17) is 5.73 Å². The van der Waals surface area contributed by atoms with Crippen molar-refractivity contribution in [2.24, 2.45) is 0 Å². The highest BCUT2D eigenvalue weighted by Gasteiger charge is 2.15. The smallest absolute Gasteiger partial charge is 0.170 e. The minimum Gasteiger partial charge on any atom is -0.398 e. The highest BCUT2D eigenvalue weighted by atomic mass is 79.9. The van der Waals surface area contributed by atoms with Crippen LogP contribution in [0.3, 0.4) is 0 Å². The number of nitrogens with zero attached hydrogens (tertiary/aromatic N) is 2. The Hall–Kier alpha value is -1.62. The molecule has 0 saturated carbocycles. The van der Waals surface area contributed by atoms with Gasteiger partial charge in [-0.25, -0.2) is 0 Å². The van der Waals surface area contributed by atoms with Crippen LogP contribution in [-0.2, 0) is 19.4 Å². The van der Waals surface area contributed by atoms with E-state index in [1.807, 2.05) is 23.7 Å². The SMILES string of the molecule is CCc1cc(CC(=O)c2cc(Br)ccc2N)n(CC)n1. The molecule has 0 unspecified atom stereocenters. The predicted molar refractivity (Wildman–Crippen MR) is 83.9 cm³/mol. The van der Waals surface area contributed by atoms with Crippen LogP contribution in [-0.4, -0.2) is 15.6 Å². The Labute approximate surface area is 127 Å². The summed E-state index contributed by atoms with van der Waals surface area (Å²) >= 11 is 3.37. The number of ketones is 1. The summed E-state index contributed by atoms with van der Waals surface area (Å²) in [6.45, 7) is 4.84. The number of aromatic nitrogens is 2. The van der Waals surface area contributed by atoms with Gasteiger partial charge in [-0.15, -0.1) is 0 Å². The van der Waals surface area contributed by atoms with Crippen molar-refractivity contribution < 1.29 is 4.79 Å². The van der Waals surface area contributed by atoms with Crippen LogP contribution >= 0.6 is 15.9 Å². The molecule has 0 aliphatic carbocycles. The summed E-state index contributed by atoms with van der Waals surface area (Å²) in [7, 11) is 0. The molecule has 0 aliphatic rings. The second-order valence-corrected chi connectivity index (χ2v) is 5.54. The number of carbonyl (C=O) groups excluding carboxylic acids is 1.